The van der Waals surface area contributed by atoms with Crippen molar-refractivity contribution in [3.05, 3.63) is 0 Å². The Morgan fingerprint density at radius 2 is 1.65 bits per heavy atom. The van der Waals surface area contributed by atoms with Gasteiger partial charge in [-0.15, -0.1) is 0 Å². The van der Waals surface area contributed by atoms with Gasteiger partial charge < -0.3 is 14.9 Å². The highest BCUT2D eigenvalue weighted by molar-refractivity contribution is 5.78. The SMILES string of the molecule is CC(=O)CN1C[C@H](O)[C@@H](O)C1.COC[C@@H]1CCCN1CC(C)=O. The number of carbonyl (C=O) groups is 2. The van der Waals surface area contributed by atoms with Gasteiger partial charge in [0.2, 0.25) is 0 Å². The number of likely N-dealkylation sites (tertiary alicyclic amines) is 2. The molecule has 3 atom stereocenters. The number of ether oxygens (including phenoxy) is 1. The van der Waals surface area contributed by atoms with Crippen LogP contribution in [0.5, 0.6) is 0 Å². The first-order valence-electron chi connectivity index (χ1n) is 8.13. The molecule has 2 fully saturated rings. The lowest BCUT2D eigenvalue weighted by molar-refractivity contribution is -0.119. The summed E-state index contributed by atoms with van der Waals surface area (Å²) in [6.45, 7) is 6.67. The average Bonchev–Trinajstić information content (AvgIpc) is 2.97. The first kappa shape index (κ1) is 20.2. The Bertz CT molecular complexity index is 381. The molecule has 0 aromatic rings. The van der Waals surface area contributed by atoms with Crippen LogP contribution >= 0.6 is 0 Å². The van der Waals surface area contributed by atoms with E-state index in [9.17, 15) is 9.59 Å². The molecule has 0 radical (unpaired) electrons. The summed E-state index contributed by atoms with van der Waals surface area (Å²) in [7, 11) is 1.71. The number of nitrogens with zero attached hydrogens (tertiary/aromatic N) is 2. The molecule has 23 heavy (non-hydrogen) atoms. The number of β-amino-alcohol motifs (C(OH)–C–C–N with tert-alkyl or cyclic N) is 2. The quantitative estimate of drug-likeness (QED) is 0.665. The molecular formula is C16H30N2O5. The first-order chi connectivity index (χ1) is 10.8. The fourth-order valence-electron chi connectivity index (χ4n) is 3.06. The van der Waals surface area contributed by atoms with Crippen molar-refractivity contribution in [3.8, 4) is 0 Å². The number of hydrogen-bond acceptors (Lipinski definition) is 7. The van der Waals surface area contributed by atoms with Crippen molar-refractivity contribution in [2.75, 3.05) is 46.4 Å². The number of rotatable bonds is 6. The highest BCUT2D eigenvalue weighted by Gasteiger charge is 2.29. The maximum atomic E-state index is 10.9. The third-order valence-corrected chi connectivity index (χ3v) is 4.06. The number of ketones is 2. The molecule has 7 nitrogen and oxygen atoms in total. The Labute approximate surface area is 138 Å². The second kappa shape index (κ2) is 10.1. The van der Waals surface area contributed by atoms with Crippen LogP contribution in [0.2, 0.25) is 0 Å². The zero-order chi connectivity index (χ0) is 17.4. The monoisotopic (exact) mass is 330 g/mol. The summed E-state index contributed by atoms with van der Waals surface area (Å²) < 4.78 is 5.08. The van der Waals surface area contributed by atoms with E-state index in [2.05, 4.69) is 4.90 Å². The summed E-state index contributed by atoms with van der Waals surface area (Å²) in [5.41, 5.74) is 0. The molecule has 0 bridgehead atoms. The molecule has 134 valence electrons. The van der Waals surface area contributed by atoms with Crippen molar-refractivity contribution in [3.63, 3.8) is 0 Å². The number of carbonyl (C=O) groups excluding carboxylic acids is 2. The standard InChI is InChI=1S/C9H17NO2.C7H13NO3/c1-8(11)6-10-5-3-4-9(10)7-12-2;1-5(9)2-8-3-6(10)7(11)4-8/h9H,3-7H2,1-2H3;6-7,10-11H,2-4H2,1H3/t9-;6-,7-/m00/s1. The molecule has 0 unspecified atom stereocenters. The molecule has 0 saturated carbocycles. The average molecular weight is 330 g/mol. The van der Waals surface area contributed by atoms with Crippen LogP contribution in [-0.4, -0.2) is 96.3 Å². The molecule has 2 aliphatic heterocycles. The summed E-state index contributed by atoms with van der Waals surface area (Å²) in [6.07, 6.45) is 0.992. The molecule has 0 spiro atoms. The smallest absolute Gasteiger partial charge is 0.143 e. The van der Waals surface area contributed by atoms with Crippen molar-refractivity contribution in [1.82, 2.24) is 9.80 Å². The van der Waals surface area contributed by atoms with Crippen LogP contribution in [-0.2, 0) is 14.3 Å². The van der Waals surface area contributed by atoms with Gasteiger partial charge in [-0.25, -0.2) is 0 Å². The first-order valence-corrected chi connectivity index (χ1v) is 8.13. The molecule has 0 aromatic heterocycles. The highest BCUT2D eigenvalue weighted by Crippen LogP contribution is 2.16. The van der Waals surface area contributed by atoms with E-state index in [1.165, 1.54) is 19.8 Å². The van der Waals surface area contributed by atoms with E-state index in [1.54, 1.807) is 18.9 Å². The van der Waals surface area contributed by atoms with Gasteiger partial charge in [0.25, 0.3) is 0 Å². The third kappa shape index (κ3) is 7.50. The van der Waals surface area contributed by atoms with Gasteiger partial charge in [0.05, 0.1) is 31.9 Å². The van der Waals surface area contributed by atoms with Gasteiger partial charge in [0, 0.05) is 26.2 Å². The predicted molar refractivity (Wildman–Crippen MR) is 86.3 cm³/mol. The molecule has 2 saturated heterocycles. The number of aliphatic hydroxyl groups is 2. The van der Waals surface area contributed by atoms with Crippen LogP contribution in [0.25, 0.3) is 0 Å². The Hall–Kier alpha value is -0.860. The van der Waals surface area contributed by atoms with E-state index >= 15 is 0 Å². The molecule has 2 rings (SSSR count). The van der Waals surface area contributed by atoms with Crippen LogP contribution in [0.1, 0.15) is 26.7 Å². The van der Waals surface area contributed by atoms with E-state index in [-0.39, 0.29) is 11.6 Å². The second-order valence-corrected chi connectivity index (χ2v) is 6.45. The minimum atomic E-state index is -0.686. The van der Waals surface area contributed by atoms with Gasteiger partial charge in [-0.2, -0.15) is 0 Å². The lowest BCUT2D eigenvalue weighted by atomic mass is 10.2. The van der Waals surface area contributed by atoms with E-state index in [0.29, 0.717) is 32.2 Å². The number of hydrogen-bond donors (Lipinski definition) is 2. The topological polar surface area (TPSA) is 90.3 Å². The Morgan fingerprint density at radius 1 is 1.09 bits per heavy atom. The van der Waals surface area contributed by atoms with E-state index in [1.807, 2.05) is 0 Å². The molecule has 2 N–H and O–H groups in total. The van der Waals surface area contributed by atoms with Crippen LogP contribution in [0, 0.1) is 0 Å². The van der Waals surface area contributed by atoms with Crippen molar-refractivity contribution in [2.24, 2.45) is 0 Å². The number of aliphatic hydroxyl groups excluding tert-OH is 2. The summed E-state index contributed by atoms with van der Waals surface area (Å²) in [6, 6.07) is 0.471. The van der Waals surface area contributed by atoms with E-state index in [4.69, 9.17) is 14.9 Å². The van der Waals surface area contributed by atoms with Crippen LogP contribution in [0.4, 0.5) is 0 Å². The number of Topliss-reactive ketones (excluding diaryl/α,β-unsaturated/α-hetero) is 2. The normalized spacial score (nSPS) is 28.5. The fraction of sp³-hybridized carbons (Fsp3) is 0.875. The van der Waals surface area contributed by atoms with Crippen molar-refractivity contribution in [1.29, 1.82) is 0 Å². The molecule has 2 aliphatic rings. The second-order valence-electron chi connectivity index (χ2n) is 6.45. The van der Waals surface area contributed by atoms with Gasteiger partial charge in [0.1, 0.15) is 11.6 Å². The van der Waals surface area contributed by atoms with Crippen molar-refractivity contribution < 1.29 is 24.5 Å². The molecule has 0 aliphatic carbocycles. The minimum Gasteiger partial charge on any atom is -0.389 e. The Morgan fingerprint density at radius 3 is 2.13 bits per heavy atom. The molecule has 0 aromatic carbocycles. The summed E-state index contributed by atoms with van der Waals surface area (Å²) in [5.74, 6) is 0.310. The Kier molecular flexibility index (Phi) is 8.86. The van der Waals surface area contributed by atoms with Crippen molar-refractivity contribution in [2.45, 2.75) is 44.9 Å². The molecular weight excluding hydrogens is 300 g/mol. The molecule has 2 heterocycles. The summed E-state index contributed by atoms with van der Waals surface area (Å²) in [4.78, 5) is 25.4. The molecule has 7 heteroatoms. The van der Waals surface area contributed by atoms with Crippen LogP contribution < -0.4 is 0 Å². The predicted octanol–water partition coefficient (Wildman–Crippen LogP) is -0.701. The molecule has 0 amide bonds. The number of methoxy groups -OCH3 is 1. The van der Waals surface area contributed by atoms with Gasteiger partial charge >= 0.3 is 0 Å². The van der Waals surface area contributed by atoms with Gasteiger partial charge in [0.15, 0.2) is 0 Å². The largest absolute Gasteiger partial charge is 0.389 e. The maximum absolute atomic E-state index is 10.9. The van der Waals surface area contributed by atoms with Crippen molar-refractivity contribution >= 4 is 11.6 Å². The lowest BCUT2D eigenvalue weighted by Gasteiger charge is -2.21. The minimum absolute atomic E-state index is 0.0614. The van der Waals surface area contributed by atoms with Gasteiger partial charge in [-0.3, -0.25) is 19.4 Å². The lowest BCUT2D eigenvalue weighted by Crippen LogP contribution is -2.36. The van der Waals surface area contributed by atoms with E-state index < -0.39 is 12.2 Å². The van der Waals surface area contributed by atoms with Gasteiger partial charge in [-0.1, -0.05) is 0 Å². The zero-order valence-corrected chi connectivity index (χ0v) is 14.4. The zero-order valence-electron chi connectivity index (χ0n) is 14.4. The van der Waals surface area contributed by atoms with Crippen LogP contribution in [0.3, 0.4) is 0 Å². The van der Waals surface area contributed by atoms with Gasteiger partial charge in [-0.05, 0) is 33.2 Å². The third-order valence-electron chi connectivity index (χ3n) is 4.06. The van der Waals surface area contributed by atoms with Crippen LogP contribution in [0.15, 0.2) is 0 Å². The van der Waals surface area contributed by atoms with E-state index in [0.717, 1.165) is 13.2 Å². The maximum Gasteiger partial charge on any atom is 0.143 e. The fourth-order valence-corrected chi connectivity index (χ4v) is 3.06. The Balaban J connectivity index is 0.000000231. The summed E-state index contributed by atoms with van der Waals surface area (Å²) >= 11 is 0. The summed E-state index contributed by atoms with van der Waals surface area (Å²) in [5, 5.41) is 18.2. The highest BCUT2D eigenvalue weighted by atomic mass is 16.5.